The van der Waals surface area contributed by atoms with Crippen LogP contribution in [0.3, 0.4) is 0 Å². The van der Waals surface area contributed by atoms with Crippen molar-refractivity contribution in [2.45, 2.75) is 12.8 Å². The van der Waals surface area contributed by atoms with Gasteiger partial charge in [0, 0.05) is 13.1 Å². The lowest BCUT2D eigenvalue weighted by Gasteiger charge is -2.18. The number of pyridine rings is 1. The normalized spacial score (nSPS) is 14.8. The van der Waals surface area contributed by atoms with E-state index in [0.717, 1.165) is 25.9 Å². The Labute approximate surface area is 92.9 Å². The Morgan fingerprint density at radius 3 is 2.69 bits per heavy atom. The fourth-order valence-electron chi connectivity index (χ4n) is 1.88. The fourth-order valence-corrected chi connectivity index (χ4v) is 1.88. The van der Waals surface area contributed by atoms with E-state index in [1.165, 1.54) is 0 Å². The molecule has 0 bridgehead atoms. The third-order valence-electron chi connectivity index (χ3n) is 2.64. The number of hydrogen-bond donors (Lipinski definition) is 1. The van der Waals surface area contributed by atoms with Crippen molar-refractivity contribution in [2.24, 2.45) is 0 Å². The molecular formula is C11H11N3O2. The van der Waals surface area contributed by atoms with Gasteiger partial charge in [0.25, 0.3) is 0 Å². The minimum atomic E-state index is -1.08. The van der Waals surface area contributed by atoms with Gasteiger partial charge in [-0.1, -0.05) is 0 Å². The third kappa shape index (κ3) is 1.82. The Bertz CT molecular complexity index is 459. The quantitative estimate of drug-likeness (QED) is 0.806. The van der Waals surface area contributed by atoms with Crippen LogP contribution < -0.4 is 4.90 Å². The first-order valence-corrected chi connectivity index (χ1v) is 5.12. The first-order chi connectivity index (χ1) is 7.72. The molecule has 0 aromatic carbocycles. The first-order valence-electron chi connectivity index (χ1n) is 5.12. The fraction of sp³-hybridized carbons (Fsp3) is 0.364. The molecule has 82 valence electrons. The van der Waals surface area contributed by atoms with Gasteiger partial charge in [-0.05, 0) is 25.0 Å². The number of carbonyl (C=O) groups is 1. The number of carboxylic acids is 1. The Kier molecular flexibility index (Phi) is 2.73. The molecule has 1 fully saturated rings. The summed E-state index contributed by atoms with van der Waals surface area (Å²) in [5.74, 6) is -1.08. The van der Waals surface area contributed by atoms with Crippen LogP contribution in [-0.2, 0) is 0 Å². The van der Waals surface area contributed by atoms with Gasteiger partial charge in [0.05, 0.1) is 5.69 Å². The number of carboxylic acid groups (broad SMARTS) is 1. The molecule has 2 rings (SSSR count). The standard InChI is InChI=1S/C11H11N3O2/c12-7-8-3-4-9(10(13-8)11(15)16)14-5-1-2-6-14/h3-4H,1-2,5-6H2,(H,15,16). The highest BCUT2D eigenvalue weighted by molar-refractivity contribution is 5.92. The average Bonchev–Trinajstić information content (AvgIpc) is 2.81. The molecule has 0 saturated carbocycles. The summed E-state index contributed by atoms with van der Waals surface area (Å²) >= 11 is 0. The summed E-state index contributed by atoms with van der Waals surface area (Å²) in [6, 6.07) is 5.07. The second kappa shape index (κ2) is 4.19. The minimum absolute atomic E-state index is 0.0269. The Morgan fingerprint density at radius 1 is 1.44 bits per heavy atom. The highest BCUT2D eigenvalue weighted by Gasteiger charge is 2.20. The zero-order valence-corrected chi connectivity index (χ0v) is 8.68. The molecular weight excluding hydrogens is 206 g/mol. The maximum atomic E-state index is 11.0. The number of aromatic carboxylic acids is 1. The molecule has 1 aliphatic heterocycles. The van der Waals surface area contributed by atoms with Gasteiger partial charge in [0.2, 0.25) is 0 Å². The molecule has 2 heterocycles. The maximum absolute atomic E-state index is 11.0. The summed E-state index contributed by atoms with van der Waals surface area (Å²) in [5.41, 5.74) is 0.727. The van der Waals surface area contributed by atoms with Crippen LogP contribution in [0.25, 0.3) is 0 Å². The predicted molar refractivity (Wildman–Crippen MR) is 57.4 cm³/mol. The van der Waals surface area contributed by atoms with Crippen molar-refractivity contribution >= 4 is 11.7 Å². The van der Waals surface area contributed by atoms with Crippen molar-refractivity contribution in [3.8, 4) is 6.07 Å². The Hall–Kier alpha value is -2.09. The maximum Gasteiger partial charge on any atom is 0.356 e. The lowest BCUT2D eigenvalue weighted by molar-refractivity contribution is 0.0691. The Morgan fingerprint density at radius 2 is 2.12 bits per heavy atom. The van der Waals surface area contributed by atoms with Crippen molar-refractivity contribution in [1.29, 1.82) is 5.26 Å². The summed E-state index contributed by atoms with van der Waals surface area (Å²) in [7, 11) is 0. The molecule has 0 atom stereocenters. The van der Waals surface area contributed by atoms with Gasteiger partial charge in [-0.3, -0.25) is 0 Å². The summed E-state index contributed by atoms with van der Waals surface area (Å²) in [6.07, 6.45) is 2.14. The molecule has 0 spiro atoms. The minimum Gasteiger partial charge on any atom is -0.476 e. The van der Waals surface area contributed by atoms with Crippen LogP contribution >= 0.6 is 0 Å². The number of anilines is 1. The van der Waals surface area contributed by atoms with E-state index in [1.54, 1.807) is 12.1 Å². The van der Waals surface area contributed by atoms with E-state index in [0.29, 0.717) is 5.69 Å². The number of nitriles is 1. The van der Waals surface area contributed by atoms with E-state index in [9.17, 15) is 4.79 Å². The van der Waals surface area contributed by atoms with Crippen LogP contribution in [-0.4, -0.2) is 29.1 Å². The summed E-state index contributed by atoms with van der Waals surface area (Å²) < 4.78 is 0. The van der Waals surface area contributed by atoms with E-state index in [2.05, 4.69) is 4.98 Å². The van der Waals surface area contributed by atoms with Gasteiger partial charge >= 0.3 is 5.97 Å². The summed E-state index contributed by atoms with van der Waals surface area (Å²) in [5, 5.41) is 17.7. The second-order valence-electron chi connectivity index (χ2n) is 3.68. The van der Waals surface area contributed by atoms with E-state index in [-0.39, 0.29) is 11.4 Å². The number of aromatic nitrogens is 1. The molecule has 0 amide bonds. The molecule has 1 aromatic heterocycles. The van der Waals surface area contributed by atoms with E-state index >= 15 is 0 Å². The summed E-state index contributed by atoms with van der Waals surface area (Å²) in [4.78, 5) is 16.9. The average molecular weight is 217 g/mol. The topological polar surface area (TPSA) is 77.2 Å². The molecule has 0 aliphatic carbocycles. The molecule has 1 N–H and O–H groups in total. The van der Waals surface area contributed by atoms with Gasteiger partial charge in [-0.15, -0.1) is 0 Å². The first kappa shape index (κ1) is 10.4. The van der Waals surface area contributed by atoms with E-state index < -0.39 is 5.97 Å². The van der Waals surface area contributed by atoms with Crippen LogP contribution in [0.2, 0.25) is 0 Å². The predicted octanol–water partition coefficient (Wildman–Crippen LogP) is 1.25. The van der Waals surface area contributed by atoms with Crippen LogP contribution in [0.4, 0.5) is 5.69 Å². The monoisotopic (exact) mass is 217 g/mol. The van der Waals surface area contributed by atoms with Crippen molar-refractivity contribution in [1.82, 2.24) is 4.98 Å². The Balaban J connectivity index is 2.44. The van der Waals surface area contributed by atoms with Crippen molar-refractivity contribution < 1.29 is 9.90 Å². The molecule has 1 aliphatic rings. The molecule has 16 heavy (non-hydrogen) atoms. The van der Waals surface area contributed by atoms with Crippen molar-refractivity contribution in [2.75, 3.05) is 18.0 Å². The zero-order chi connectivity index (χ0) is 11.5. The van der Waals surface area contributed by atoms with E-state index in [1.807, 2.05) is 11.0 Å². The van der Waals surface area contributed by atoms with Crippen molar-refractivity contribution in [3.05, 3.63) is 23.5 Å². The van der Waals surface area contributed by atoms with Gasteiger partial charge in [0.1, 0.15) is 11.8 Å². The molecule has 1 saturated heterocycles. The van der Waals surface area contributed by atoms with Crippen LogP contribution in [0, 0.1) is 11.3 Å². The molecule has 5 heteroatoms. The summed E-state index contributed by atoms with van der Waals surface area (Å²) in [6.45, 7) is 1.71. The number of hydrogen-bond acceptors (Lipinski definition) is 4. The lowest BCUT2D eigenvalue weighted by atomic mass is 10.2. The smallest absolute Gasteiger partial charge is 0.356 e. The van der Waals surface area contributed by atoms with Crippen LogP contribution in [0.15, 0.2) is 12.1 Å². The number of nitrogens with zero attached hydrogens (tertiary/aromatic N) is 3. The van der Waals surface area contributed by atoms with Crippen LogP contribution in [0.1, 0.15) is 29.0 Å². The molecule has 0 unspecified atom stereocenters. The third-order valence-corrected chi connectivity index (χ3v) is 2.64. The van der Waals surface area contributed by atoms with Gasteiger partial charge < -0.3 is 10.0 Å². The highest BCUT2D eigenvalue weighted by Crippen LogP contribution is 2.23. The zero-order valence-electron chi connectivity index (χ0n) is 8.68. The highest BCUT2D eigenvalue weighted by atomic mass is 16.4. The van der Waals surface area contributed by atoms with Gasteiger partial charge in [-0.2, -0.15) is 5.26 Å². The second-order valence-corrected chi connectivity index (χ2v) is 3.68. The number of rotatable bonds is 2. The van der Waals surface area contributed by atoms with Gasteiger partial charge in [-0.25, -0.2) is 9.78 Å². The van der Waals surface area contributed by atoms with E-state index in [4.69, 9.17) is 10.4 Å². The van der Waals surface area contributed by atoms with Gasteiger partial charge in [0.15, 0.2) is 5.69 Å². The molecule has 5 nitrogen and oxygen atoms in total. The molecule has 0 radical (unpaired) electrons. The SMILES string of the molecule is N#Cc1ccc(N2CCCC2)c(C(=O)O)n1. The lowest BCUT2D eigenvalue weighted by Crippen LogP contribution is -2.21. The van der Waals surface area contributed by atoms with Crippen molar-refractivity contribution in [3.63, 3.8) is 0 Å². The largest absolute Gasteiger partial charge is 0.476 e. The van der Waals surface area contributed by atoms with Crippen LogP contribution in [0.5, 0.6) is 0 Å². The molecule has 1 aromatic rings.